The van der Waals surface area contributed by atoms with E-state index in [0.717, 1.165) is 6.07 Å². The molecule has 82 valence electrons. The largest absolute Gasteiger partial charge is 0.481 e. The van der Waals surface area contributed by atoms with E-state index in [0.29, 0.717) is 5.56 Å². The third-order valence-corrected chi connectivity index (χ3v) is 2.01. The molecule has 4 nitrogen and oxygen atoms in total. The normalized spacial score (nSPS) is 12.5. The van der Waals surface area contributed by atoms with Crippen molar-refractivity contribution in [1.82, 2.24) is 0 Å². The summed E-state index contributed by atoms with van der Waals surface area (Å²) in [5.41, 5.74) is 6.05. The summed E-state index contributed by atoms with van der Waals surface area (Å²) in [7, 11) is 0. The molecule has 1 atom stereocenters. The Morgan fingerprint density at radius 3 is 2.73 bits per heavy atom. The number of nitrogens with two attached hydrogens (primary N) is 1. The Morgan fingerprint density at radius 1 is 1.53 bits per heavy atom. The van der Waals surface area contributed by atoms with Crippen molar-refractivity contribution >= 4 is 5.97 Å². The van der Waals surface area contributed by atoms with Gasteiger partial charge in [0.15, 0.2) is 0 Å². The van der Waals surface area contributed by atoms with Crippen LogP contribution in [0, 0.1) is 5.82 Å². The maximum absolute atomic E-state index is 13.2. The first-order chi connectivity index (χ1) is 7.04. The molecule has 0 saturated carbocycles. The van der Waals surface area contributed by atoms with Gasteiger partial charge in [0.1, 0.15) is 5.82 Å². The third kappa shape index (κ3) is 3.00. The van der Waals surface area contributed by atoms with Crippen molar-refractivity contribution in [3.8, 4) is 0 Å². The highest BCUT2D eigenvalue weighted by atomic mass is 19.1. The molecular weight excluding hydrogens is 201 g/mol. The van der Waals surface area contributed by atoms with E-state index in [2.05, 4.69) is 0 Å². The molecule has 0 unspecified atom stereocenters. The van der Waals surface area contributed by atoms with Crippen LogP contribution < -0.4 is 5.73 Å². The molecule has 5 heteroatoms. The van der Waals surface area contributed by atoms with Crippen LogP contribution in [0.15, 0.2) is 18.2 Å². The number of carbonyl (C=O) groups is 1. The summed E-state index contributed by atoms with van der Waals surface area (Å²) in [4.78, 5) is 10.4. The van der Waals surface area contributed by atoms with Gasteiger partial charge in [-0.3, -0.25) is 4.79 Å². The van der Waals surface area contributed by atoms with Crippen molar-refractivity contribution in [3.05, 3.63) is 35.1 Å². The molecule has 1 aromatic carbocycles. The molecule has 0 bridgehead atoms. The van der Waals surface area contributed by atoms with Gasteiger partial charge < -0.3 is 15.9 Å². The van der Waals surface area contributed by atoms with Crippen molar-refractivity contribution < 1.29 is 19.4 Å². The van der Waals surface area contributed by atoms with Crippen LogP contribution in [0.1, 0.15) is 17.2 Å². The molecule has 0 aliphatic rings. The highest BCUT2D eigenvalue weighted by Gasteiger charge is 2.12. The average molecular weight is 213 g/mol. The molecule has 0 amide bonds. The summed E-state index contributed by atoms with van der Waals surface area (Å²) in [5.74, 6) is -1.53. The van der Waals surface area contributed by atoms with Gasteiger partial charge >= 0.3 is 5.97 Å². The molecule has 0 fully saturated rings. The quantitative estimate of drug-likeness (QED) is 0.677. The van der Waals surface area contributed by atoms with Crippen LogP contribution in [0.5, 0.6) is 0 Å². The SMILES string of the molecule is N[C@@H](CO)c1cc(CC(=O)O)ccc1F. The van der Waals surface area contributed by atoms with Crippen LogP contribution in [0.2, 0.25) is 0 Å². The van der Waals surface area contributed by atoms with Gasteiger partial charge in [0.05, 0.1) is 19.1 Å². The number of aliphatic carboxylic acids is 1. The zero-order chi connectivity index (χ0) is 11.4. The second kappa shape index (κ2) is 4.86. The molecule has 0 radical (unpaired) electrons. The number of aliphatic hydroxyl groups is 1. The van der Waals surface area contributed by atoms with E-state index in [4.69, 9.17) is 15.9 Å². The summed E-state index contributed by atoms with van der Waals surface area (Å²) in [6, 6.07) is 3.09. The maximum atomic E-state index is 13.2. The summed E-state index contributed by atoms with van der Waals surface area (Å²) in [5, 5.41) is 17.3. The van der Waals surface area contributed by atoms with Crippen LogP contribution in [-0.2, 0) is 11.2 Å². The zero-order valence-corrected chi connectivity index (χ0v) is 7.98. The van der Waals surface area contributed by atoms with Crippen molar-refractivity contribution in [2.75, 3.05) is 6.61 Å². The molecule has 1 aromatic rings. The summed E-state index contributed by atoms with van der Waals surface area (Å²) < 4.78 is 13.2. The van der Waals surface area contributed by atoms with Crippen LogP contribution in [-0.4, -0.2) is 22.8 Å². The summed E-state index contributed by atoms with van der Waals surface area (Å²) in [6.45, 7) is -0.382. The molecular formula is C10H12FNO3. The predicted molar refractivity (Wildman–Crippen MR) is 51.8 cm³/mol. The number of carboxylic acids is 1. The number of carboxylic acid groups (broad SMARTS) is 1. The van der Waals surface area contributed by atoms with Gasteiger partial charge in [0.2, 0.25) is 0 Å². The van der Waals surface area contributed by atoms with E-state index in [1.165, 1.54) is 12.1 Å². The lowest BCUT2D eigenvalue weighted by Crippen LogP contribution is -2.16. The first-order valence-electron chi connectivity index (χ1n) is 4.41. The van der Waals surface area contributed by atoms with Crippen molar-refractivity contribution in [2.45, 2.75) is 12.5 Å². The molecule has 0 aromatic heterocycles. The fourth-order valence-electron chi connectivity index (χ4n) is 1.26. The number of benzene rings is 1. The smallest absolute Gasteiger partial charge is 0.307 e. The first kappa shape index (κ1) is 11.6. The first-order valence-corrected chi connectivity index (χ1v) is 4.41. The van der Waals surface area contributed by atoms with Gasteiger partial charge in [-0.15, -0.1) is 0 Å². The fourth-order valence-corrected chi connectivity index (χ4v) is 1.26. The van der Waals surface area contributed by atoms with Gasteiger partial charge in [0.25, 0.3) is 0 Å². The maximum Gasteiger partial charge on any atom is 0.307 e. The van der Waals surface area contributed by atoms with E-state index >= 15 is 0 Å². The molecule has 0 heterocycles. The third-order valence-electron chi connectivity index (χ3n) is 2.01. The topological polar surface area (TPSA) is 83.5 Å². The Balaban J connectivity index is 2.99. The minimum absolute atomic E-state index is 0.135. The van der Waals surface area contributed by atoms with Crippen molar-refractivity contribution in [3.63, 3.8) is 0 Å². The highest BCUT2D eigenvalue weighted by Crippen LogP contribution is 2.17. The van der Waals surface area contributed by atoms with Crippen LogP contribution in [0.25, 0.3) is 0 Å². The van der Waals surface area contributed by atoms with Gasteiger partial charge in [-0.2, -0.15) is 0 Å². The molecule has 1 rings (SSSR count). The lowest BCUT2D eigenvalue weighted by atomic mass is 10.0. The number of halogens is 1. The standard InChI is InChI=1S/C10H12FNO3/c11-8-2-1-6(4-10(14)15)3-7(8)9(12)5-13/h1-3,9,13H,4-5,12H2,(H,14,15)/t9-/m0/s1. The second-order valence-corrected chi connectivity index (χ2v) is 3.22. The van der Waals surface area contributed by atoms with Crippen molar-refractivity contribution in [2.24, 2.45) is 5.73 Å². The van der Waals surface area contributed by atoms with Gasteiger partial charge in [-0.05, 0) is 11.6 Å². The van der Waals surface area contributed by atoms with Gasteiger partial charge in [0, 0.05) is 5.56 Å². The fraction of sp³-hybridized carbons (Fsp3) is 0.300. The molecule has 0 spiro atoms. The van der Waals surface area contributed by atoms with E-state index in [-0.39, 0.29) is 18.6 Å². The van der Waals surface area contributed by atoms with Gasteiger partial charge in [-0.1, -0.05) is 12.1 Å². The number of rotatable bonds is 4. The Bertz CT molecular complexity index is 368. The van der Waals surface area contributed by atoms with E-state index in [1.807, 2.05) is 0 Å². The summed E-state index contributed by atoms with van der Waals surface area (Å²) >= 11 is 0. The Morgan fingerprint density at radius 2 is 2.20 bits per heavy atom. The monoisotopic (exact) mass is 213 g/mol. The Labute approximate surface area is 86.1 Å². The predicted octanol–water partition coefficient (Wildman–Crippen LogP) is 0.445. The minimum Gasteiger partial charge on any atom is -0.481 e. The Hall–Kier alpha value is -1.46. The molecule has 15 heavy (non-hydrogen) atoms. The van der Waals surface area contributed by atoms with Crippen LogP contribution in [0.3, 0.4) is 0 Å². The number of hydrogen-bond acceptors (Lipinski definition) is 3. The Kier molecular flexibility index (Phi) is 3.76. The summed E-state index contributed by atoms with van der Waals surface area (Å²) in [6.07, 6.45) is -0.189. The van der Waals surface area contributed by atoms with Gasteiger partial charge in [-0.25, -0.2) is 4.39 Å². The number of hydrogen-bond donors (Lipinski definition) is 3. The number of aliphatic hydroxyl groups excluding tert-OH is 1. The molecule has 0 aliphatic heterocycles. The van der Waals surface area contributed by atoms with E-state index in [1.54, 1.807) is 0 Å². The average Bonchev–Trinajstić information content (AvgIpc) is 2.19. The second-order valence-electron chi connectivity index (χ2n) is 3.22. The lowest BCUT2D eigenvalue weighted by Gasteiger charge is -2.10. The van der Waals surface area contributed by atoms with E-state index in [9.17, 15) is 9.18 Å². The van der Waals surface area contributed by atoms with E-state index < -0.39 is 17.8 Å². The molecule has 0 aliphatic carbocycles. The van der Waals surface area contributed by atoms with Crippen LogP contribution in [0.4, 0.5) is 4.39 Å². The minimum atomic E-state index is -0.995. The zero-order valence-electron chi connectivity index (χ0n) is 7.98. The lowest BCUT2D eigenvalue weighted by molar-refractivity contribution is -0.136. The highest BCUT2D eigenvalue weighted by molar-refractivity contribution is 5.70. The van der Waals surface area contributed by atoms with Crippen molar-refractivity contribution in [1.29, 1.82) is 0 Å². The van der Waals surface area contributed by atoms with Crippen LogP contribution >= 0.6 is 0 Å². The molecule has 4 N–H and O–H groups in total. The molecule has 0 saturated heterocycles.